The van der Waals surface area contributed by atoms with Crippen molar-refractivity contribution in [1.82, 2.24) is 5.32 Å². The van der Waals surface area contributed by atoms with Crippen molar-refractivity contribution in [3.05, 3.63) is 29.1 Å². The lowest BCUT2D eigenvalue weighted by molar-refractivity contribution is 0.0528. The molecular weight excluding hydrogens is 249 g/mol. The Morgan fingerprint density at radius 1 is 1.42 bits per heavy atom. The maximum absolute atomic E-state index is 13.5. The Balaban J connectivity index is 2.50. The van der Waals surface area contributed by atoms with E-state index in [9.17, 15) is 14.3 Å². The molecule has 0 heterocycles. The highest BCUT2D eigenvalue weighted by molar-refractivity contribution is 5.67. The first-order chi connectivity index (χ1) is 8.69. The molecular formula is C14H20FNO3. The van der Waals surface area contributed by atoms with Gasteiger partial charge < -0.3 is 15.2 Å². The van der Waals surface area contributed by atoms with Crippen molar-refractivity contribution in [2.24, 2.45) is 0 Å². The number of carbonyl (C=O) groups excluding carboxylic acids is 1. The van der Waals surface area contributed by atoms with Gasteiger partial charge in [0.25, 0.3) is 0 Å². The third kappa shape index (κ3) is 5.16. The van der Waals surface area contributed by atoms with E-state index in [1.807, 2.05) is 0 Å². The Bertz CT molecular complexity index is 466. The molecule has 0 bridgehead atoms. The number of hydrogen-bond acceptors (Lipinski definition) is 3. The predicted octanol–water partition coefficient (Wildman–Crippen LogP) is 2.91. The summed E-state index contributed by atoms with van der Waals surface area (Å²) in [5.74, 6) is -0.546. The van der Waals surface area contributed by atoms with Crippen LogP contribution in [-0.2, 0) is 11.2 Å². The molecule has 0 aliphatic rings. The highest BCUT2D eigenvalue weighted by Gasteiger charge is 2.15. The fourth-order valence-electron chi connectivity index (χ4n) is 1.54. The maximum Gasteiger partial charge on any atom is 0.407 e. The van der Waals surface area contributed by atoms with E-state index in [0.29, 0.717) is 17.5 Å². The van der Waals surface area contributed by atoms with E-state index in [1.165, 1.54) is 0 Å². The molecule has 1 amide bonds. The molecule has 0 saturated carbocycles. The van der Waals surface area contributed by atoms with Crippen molar-refractivity contribution < 1.29 is 19.0 Å². The van der Waals surface area contributed by atoms with Crippen LogP contribution in [-0.4, -0.2) is 23.3 Å². The standard InChI is InChI=1S/C14H20FNO3/c1-9-7-10(11(15)8-12(9)17)5-6-16-13(18)19-14(2,3)4/h7-8,17H,5-6H2,1-4H3,(H,16,18). The lowest BCUT2D eigenvalue weighted by atomic mass is 10.1. The van der Waals surface area contributed by atoms with E-state index >= 15 is 0 Å². The number of ether oxygens (including phenoxy) is 1. The Kier molecular flexibility index (Phi) is 4.75. The minimum atomic E-state index is -0.551. The summed E-state index contributed by atoms with van der Waals surface area (Å²) in [6.07, 6.45) is -0.185. The molecule has 0 fully saturated rings. The highest BCUT2D eigenvalue weighted by atomic mass is 19.1. The normalized spacial score (nSPS) is 11.2. The first-order valence-electron chi connectivity index (χ1n) is 6.14. The lowest BCUT2D eigenvalue weighted by Crippen LogP contribution is -2.33. The van der Waals surface area contributed by atoms with Gasteiger partial charge in [-0.25, -0.2) is 9.18 Å². The summed E-state index contributed by atoms with van der Waals surface area (Å²) in [5.41, 5.74) is 0.504. The third-order valence-corrected chi connectivity index (χ3v) is 2.43. The molecule has 0 unspecified atom stereocenters. The minimum absolute atomic E-state index is 0.0682. The topological polar surface area (TPSA) is 58.6 Å². The second-order valence-corrected chi connectivity index (χ2v) is 5.41. The van der Waals surface area contributed by atoms with Gasteiger partial charge in [-0.05, 0) is 51.3 Å². The predicted molar refractivity (Wildman–Crippen MR) is 70.7 cm³/mol. The molecule has 0 aliphatic heterocycles. The Hall–Kier alpha value is -1.78. The quantitative estimate of drug-likeness (QED) is 0.887. The minimum Gasteiger partial charge on any atom is -0.508 e. The summed E-state index contributed by atoms with van der Waals surface area (Å²) >= 11 is 0. The van der Waals surface area contributed by atoms with Crippen molar-refractivity contribution in [2.75, 3.05) is 6.54 Å². The van der Waals surface area contributed by atoms with Gasteiger partial charge in [0.1, 0.15) is 17.2 Å². The number of aromatic hydroxyl groups is 1. The van der Waals surface area contributed by atoms with Crippen molar-refractivity contribution in [3.63, 3.8) is 0 Å². The van der Waals surface area contributed by atoms with Crippen LogP contribution in [0.15, 0.2) is 12.1 Å². The number of carbonyl (C=O) groups is 1. The average molecular weight is 269 g/mol. The molecule has 19 heavy (non-hydrogen) atoms. The van der Waals surface area contributed by atoms with Crippen molar-refractivity contribution in [3.8, 4) is 5.75 Å². The second kappa shape index (κ2) is 5.91. The zero-order valence-corrected chi connectivity index (χ0v) is 11.7. The smallest absolute Gasteiger partial charge is 0.407 e. The fraction of sp³-hybridized carbons (Fsp3) is 0.500. The van der Waals surface area contributed by atoms with Gasteiger partial charge in [-0.2, -0.15) is 0 Å². The number of amides is 1. The molecule has 106 valence electrons. The molecule has 2 N–H and O–H groups in total. The maximum atomic E-state index is 13.5. The molecule has 0 aliphatic carbocycles. The largest absolute Gasteiger partial charge is 0.508 e. The summed E-state index contributed by atoms with van der Waals surface area (Å²) in [7, 11) is 0. The number of phenols is 1. The number of aryl methyl sites for hydroxylation is 1. The molecule has 0 saturated heterocycles. The zero-order chi connectivity index (χ0) is 14.6. The molecule has 1 aromatic carbocycles. The van der Waals surface area contributed by atoms with Gasteiger partial charge in [-0.1, -0.05) is 0 Å². The first-order valence-corrected chi connectivity index (χ1v) is 6.14. The van der Waals surface area contributed by atoms with Crippen LogP contribution in [0, 0.1) is 12.7 Å². The number of benzene rings is 1. The van der Waals surface area contributed by atoms with Crippen LogP contribution in [0.2, 0.25) is 0 Å². The first kappa shape index (κ1) is 15.3. The molecule has 0 radical (unpaired) electrons. The summed E-state index contributed by atoms with van der Waals surface area (Å²) in [4.78, 5) is 11.4. The monoisotopic (exact) mass is 269 g/mol. The van der Waals surface area contributed by atoms with Crippen LogP contribution in [0.5, 0.6) is 5.75 Å². The van der Waals surface area contributed by atoms with Crippen molar-refractivity contribution in [2.45, 2.75) is 39.7 Å². The summed E-state index contributed by atoms with van der Waals surface area (Å²) in [5, 5.41) is 11.9. The average Bonchev–Trinajstić information content (AvgIpc) is 2.22. The molecule has 1 aromatic rings. The van der Waals surface area contributed by atoms with Crippen molar-refractivity contribution in [1.29, 1.82) is 0 Å². The highest BCUT2D eigenvalue weighted by Crippen LogP contribution is 2.20. The number of nitrogens with one attached hydrogen (secondary N) is 1. The van der Waals surface area contributed by atoms with Crippen molar-refractivity contribution >= 4 is 6.09 Å². The number of rotatable bonds is 3. The summed E-state index contributed by atoms with van der Waals surface area (Å²) < 4.78 is 18.6. The third-order valence-electron chi connectivity index (χ3n) is 2.43. The molecule has 4 nitrogen and oxygen atoms in total. The molecule has 0 atom stereocenters. The number of halogens is 1. The van der Waals surface area contributed by atoms with Crippen LogP contribution in [0.4, 0.5) is 9.18 Å². The van der Waals surface area contributed by atoms with Gasteiger partial charge in [-0.15, -0.1) is 0 Å². The van der Waals surface area contributed by atoms with E-state index in [1.54, 1.807) is 33.8 Å². The Morgan fingerprint density at radius 3 is 2.63 bits per heavy atom. The van der Waals surface area contributed by atoms with Crippen LogP contribution < -0.4 is 5.32 Å². The van der Waals surface area contributed by atoms with Gasteiger partial charge in [0.15, 0.2) is 0 Å². The van der Waals surface area contributed by atoms with Crippen LogP contribution in [0.1, 0.15) is 31.9 Å². The van der Waals surface area contributed by atoms with Crippen LogP contribution in [0.3, 0.4) is 0 Å². The van der Waals surface area contributed by atoms with Gasteiger partial charge >= 0.3 is 6.09 Å². The van der Waals surface area contributed by atoms with E-state index in [0.717, 1.165) is 6.07 Å². The number of phenolic OH excluding ortho intramolecular Hbond substituents is 1. The fourth-order valence-corrected chi connectivity index (χ4v) is 1.54. The molecule has 0 spiro atoms. The van der Waals surface area contributed by atoms with Gasteiger partial charge in [0.05, 0.1) is 0 Å². The Labute approximate surface area is 112 Å². The SMILES string of the molecule is Cc1cc(CCNC(=O)OC(C)(C)C)c(F)cc1O. The van der Waals surface area contributed by atoms with Crippen LogP contribution >= 0.6 is 0 Å². The molecule has 1 rings (SSSR count). The van der Waals surface area contributed by atoms with E-state index in [4.69, 9.17) is 4.74 Å². The summed E-state index contributed by atoms with van der Waals surface area (Å²) in [6, 6.07) is 2.65. The molecule has 0 aromatic heterocycles. The second-order valence-electron chi connectivity index (χ2n) is 5.41. The van der Waals surface area contributed by atoms with Gasteiger partial charge in [-0.3, -0.25) is 0 Å². The van der Waals surface area contributed by atoms with Crippen LogP contribution in [0.25, 0.3) is 0 Å². The van der Waals surface area contributed by atoms with Gasteiger partial charge in [0, 0.05) is 12.6 Å². The Morgan fingerprint density at radius 2 is 2.05 bits per heavy atom. The van der Waals surface area contributed by atoms with E-state index in [-0.39, 0.29) is 12.3 Å². The van der Waals surface area contributed by atoms with E-state index in [2.05, 4.69) is 5.32 Å². The molecule has 5 heteroatoms. The zero-order valence-electron chi connectivity index (χ0n) is 11.7. The van der Waals surface area contributed by atoms with Gasteiger partial charge in [0.2, 0.25) is 0 Å². The number of hydrogen-bond donors (Lipinski definition) is 2. The summed E-state index contributed by atoms with van der Waals surface area (Å²) in [6.45, 7) is 7.29. The number of alkyl carbamates (subject to hydrolysis) is 1. The van der Waals surface area contributed by atoms with E-state index < -0.39 is 17.5 Å². The lowest BCUT2D eigenvalue weighted by Gasteiger charge is -2.19.